The van der Waals surface area contributed by atoms with Gasteiger partial charge in [0.2, 0.25) is 5.91 Å². The van der Waals surface area contributed by atoms with Gasteiger partial charge in [0.15, 0.2) is 0 Å². The molecule has 7 nitrogen and oxygen atoms in total. The first-order valence-corrected chi connectivity index (χ1v) is 12.7. The van der Waals surface area contributed by atoms with Gasteiger partial charge in [0.25, 0.3) is 0 Å². The first kappa shape index (κ1) is 27.4. The molecule has 0 aromatic heterocycles. The van der Waals surface area contributed by atoms with Gasteiger partial charge in [0.05, 0.1) is 18.2 Å². The van der Waals surface area contributed by atoms with E-state index < -0.39 is 12.1 Å². The van der Waals surface area contributed by atoms with E-state index in [0.29, 0.717) is 18.5 Å². The molecular weight excluding hydrogens is 456 g/mol. The van der Waals surface area contributed by atoms with Gasteiger partial charge in [-0.1, -0.05) is 56.3 Å². The number of carboxylic acid groups (broad SMARTS) is 1. The van der Waals surface area contributed by atoms with Crippen molar-refractivity contribution in [3.63, 3.8) is 0 Å². The average molecular weight is 495 g/mol. The van der Waals surface area contributed by atoms with Gasteiger partial charge in [0, 0.05) is 25.1 Å². The van der Waals surface area contributed by atoms with Crippen LogP contribution in [-0.4, -0.2) is 41.3 Å². The van der Waals surface area contributed by atoms with E-state index in [1.165, 1.54) is 6.92 Å². The molecule has 0 radical (unpaired) electrons. The Morgan fingerprint density at radius 2 is 1.72 bits per heavy atom. The number of benzene rings is 2. The van der Waals surface area contributed by atoms with E-state index in [2.05, 4.69) is 10.6 Å². The first-order chi connectivity index (χ1) is 17.3. The SMILES string of the molecule is CCC(CC)O[C@@H]1C=C(C(=O)O)C[C@H](NCc2ccc(O[C@H](C)c3ccccc3)cc2)[C@H]1NC(C)=O. The topological polar surface area (TPSA) is 96.9 Å². The highest BCUT2D eigenvalue weighted by atomic mass is 16.5. The summed E-state index contributed by atoms with van der Waals surface area (Å²) >= 11 is 0. The Balaban J connectivity index is 1.69. The summed E-state index contributed by atoms with van der Waals surface area (Å²) in [5.74, 6) is -0.361. The smallest absolute Gasteiger partial charge is 0.331 e. The number of aliphatic carboxylic acids is 1. The molecule has 0 heterocycles. The molecule has 7 heteroatoms. The van der Waals surface area contributed by atoms with Gasteiger partial charge < -0.3 is 25.2 Å². The average Bonchev–Trinajstić information content (AvgIpc) is 2.88. The van der Waals surface area contributed by atoms with E-state index in [1.54, 1.807) is 6.08 Å². The minimum atomic E-state index is -0.963. The molecule has 3 N–H and O–H groups in total. The number of carbonyl (C=O) groups is 2. The van der Waals surface area contributed by atoms with Gasteiger partial charge in [-0.2, -0.15) is 0 Å². The van der Waals surface area contributed by atoms with Crippen LogP contribution in [0.3, 0.4) is 0 Å². The van der Waals surface area contributed by atoms with Crippen molar-refractivity contribution in [2.45, 2.75) is 83.9 Å². The fraction of sp³-hybridized carbons (Fsp3) is 0.448. The van der Waals surface area contributed by atoms with E-state index in [-0.39, 0.29) is 30.2 Å². The molecular formula is C29H38N2O5. The summed E-state index contributed by atoms with van der Waals surface area (Å²) in [5, 5.41) is 16.2. The van der Waals surface area contributed by atoms with Crippen LogP contribution in [0.4, 0.5) is 0 Å². The Morgan fingerprint density at radius 3 is 2.31 bits per heavy atom. The summed E-state index contributed by atoms with van der Waals surface area (Å²) < 4.78 is 12.3. The highest BCUT2D eigenvalue weighted by Crippen LogP contribution is 2.26. The Hall–Kier alpha value is -3.16. The van der Waals surface area contributed by atoms with E-state index in [9.17, 15) is 14.7 Å². The zero-order chi connectivity index (χ0) is 26.1. The molecule has 36 heavy (non-hydrogen) atoms. The third kappa shape index (κ3) is 7.67. The molecule has 0 aliphatic heterocycles. The van der Waals surface area contributed by atoms with Crippen LogP contribution < -0.4 is 15.4 Å². The summed E-state index contributed by atoms with van der Waals surface area (Å²) in [7, 11) is 0. The Labute approximate surface area is 213 Å². The fourth-order valence-corrected chi connectivity index (χ4v) is 4.50. The predicted molar refractivity (Wildman–Crippen MR) is 140 cm³/mol. The van der Waals surface area contributed by atoms with Crippen molar-refractivity contribution < 1.29 is 24.2 Å². The van der Waals surface area contributed by atoms with Crippen molar-refractivity contribution in [2.24, 2.45) is 0 Å². The third-order valence-electron chi connectivity index (χ3n) is 6.57. The number of hydrogen-bond acceptors (Lipinski definition) is 5. The fourth-order valence-electron chi connectivity index (χ4n) is 4.50. The van der Waals surface area contributed by atoms with Gasteiger partial charge in [-0.05, 0) is 55.5 Å². The predicted octanol–water partition coefficient (Wildman–Crippen LogP) is 4.78. The second-order valence-corrected chi connectivity index (χ2v) is 9.27. The van der Waals surface area contributed by atoms with Crippen LogP contribution in [0.15, 0.2) is 66.2 Å². The Bertz CT molecular complexity index is 1020. The van der Waals surface area contributed by atoms with Gasteiger partial charge in [-0.15, -0.1) is 0 Å². The number of carboxylic acids is 1. The lowest BCUT2D eigenvalue weighted by molar-refractivity contribution is -0.133. The van der Waals surface area contributed by atoms with E-state index in [1.807, 2.05) is 75.4 Å². The largest absolute Gasteiger partial charge is 0.486 e. The number of carbonyl (C=O) groups excluding carboxylic acids is 1. The van der Waals surface area contributed by atoms with Crippen LogP contribution in [0.2, 0.25) is 0 Å². The summed E-state index contributed by atoms with van der Waals surface area (Å²) in [6.07, 6.45) is 2.97. The lowest BCUT2D eigenvalue weighted by Gasteiger charge is -2.38. The second-order valence-electron chi connectivity index (χ2n) is 9.27. The van der Waals surface area contributed by atoms with Crippen LogP contribution >= 0.6 is 0 Å². The van der Waals surface area contributed by atoms with Crippen LogP contribution in [0.25, 0.3) is 0 Å². The molecule has 0 fully saturated rings. The normalized spacial score (nSPS) is 20.5. The van der Waals surface area contributed by atoms with Crippen molar-refractivity contribution in [3.8, 4) is 5.75 Å². The summed E-state index contributed by atoms with van der Waals surface area (Å²) in [4.78, 5) is 23.8. The maximum absolute atomic E-state index is 12.0. The van der Waals surface area contributed by atoms with Gasteiger partial charge >= 0.3 is 5.97 Å². The van der Waals surface area contributed by atoms with Crippen LogP contribution in [0, 0.1) is 0 Å². The lowest BCUT2D eigenvalue weighted by Crippen LogP contribution is -2.58. The van der Waals surface area contributed by atoms with E-state index in [0.717, 1.165) is 29.7 Å². The first-order valence-electron chi connectivity index (χ1n) is 12.7. The maximum Gasteiger partial charge on any atom is 0.331 e. The summed E-state index contributed by atoms with van der Waals surface area (Å²) in [5.41, 5.74) is 2.43. The van der Waals surface area contributed by atoms with E-state index >= 15 is 0 Å². The lowest BCUT2D eigenvalue weighted by atomic mass is 9.87. The van der Waals surface area contributed by atoms with Crippen LogP contribution in [-0.2, 0) is 20.9 Å². The third-order valence-corrected chi connectivity index (χ3v) is 6.57. The summed E-state index contributed by atoms with van der Waals surface area (Å²) in [6, 6.07) is 17.2. The highest BCUT2D eigenvalue weighted by Gasteiger charge is 2.37. The van der Waals surface area contributed by atoms with Gasteiger partial charge in [-0.25, -0.2) is 4.79 Å². The molecule has 1 aliphatic carbocycles. The van der Waals surface area contributed by atoms with E-state index in [4.69, 9.17) is 9.47 Å². The number of amides is 1. The van der Waals surface area contributed by atoms with Crippen molar-refractivity contribution in [1.82, 2.24) is 10.6 Å². The molecule has 2 aromatic carbocycles. The van der Waals surface area contributed by atoms with Crippen molar-refractivity contribution >= 4 is 11.9 Å². The molecule has 0 saturated heterocycles. The van der Waals surface area contributed by atoms with Gasteiger partial charge in [0.1, 0.15) is 11.9 Å². The Kier molecular flexibility index (Phi) is 10.1. The molecule has 1 amide bonds. The second kappa shape index (κ2) is 13.2. The zero-order valence-corrected chi connectivity index (χ0v) is 21.6. The van der Waals surface area contributed by atoms with Crippen molar-refractivity contribution in [1.29, 1.82) is 0 Å². The number of hydrogen-bond donors (Lipinski definition) is 3. The standard InChI is InChI=1S/C29H38N2O5/c1-5-24(6-2)36-27-17-23(29(33)34)16-26(28(27)31-20(4)32)30-18-21-12-14-25(15-13-21)35-19(3)22-10-8-7-9-11-22/h7-15,17,19,24,26-28,30H,5-6,16,18H2,1-4H3,(H,31,32)(H,33,34)/t19-,26+,27-,28-/m1/s1. The minimum absolute atomic E-state index is 0.0119. The molecule has 0 saturated carbocycles. The molecule has 0 spiro atoms. The quantitative estimate of drug-likeness (QED) is 0.393. The zero-order valence-electron chi connectivity index (χ0n) is 21.6. The molecule has 1 aliphatic rings. The molecule has 0 unspecified atom stereocenters. The van der Waals surface area contributed by atoms with Crippen LogP contribution in [0.1, 0.15) is 64.2 Å². The highest BCUT2D eigenvalue weighted by molar-refractivity contribution is 5.87. The number of nitrogens with one attached hydrogen (secondary N) is 2. The molecule has 2 aromatic rings. The molecule has 4 atom stereocenters. The molecule has 194 valence electrons. The van der Waals surface area contributed by atoms with Gasteiger partial charge in [-0.3, -0.25) is 4.79 Å². The molecule has 3 rings (SSSR count). The van der Waals surface area contributed by atoms with Crippen molar-refractivity contribution in [2.75, 3.05) is 0 Å². The monoisotopic (exact) mass is 494 g/mol. The Morgan fingerprint density at radius 1 is 1.06 bits per heavy atom. The minimum Gasteiger partial charge on any atom is -0.486 e. The number of rotatable bonds is 12. The number of ether oxygens (including phenoxy) is 2. The maximum atomic E-state index is 12.0. The van der Waals surface area contributed by atoms with Crippen LogP contribution in [0.5, 0.6) is 5.75 Å². The summed E-state index contributed by atoms with van der Waals surface area (Å²) in [6.45, 7) is 8.08. The molecule has 0 bridgehead atoms. The van der Waals surface area contributed by atoms with Crippen molar-refractivity contribution in [3.05, 3.63) is 77.4 Å².